The van der Waals surface area contributed by atoms with E-state index in [0.29, 0.717) is 0 Å². The number of aliphatic hydroxyl groups excluding tert-OH is 2. The molecule has 1 aliphatic heterocycles. The highest BCUT2D eigenvalue weighted by Gasteiger charge is 2.49. The van der Waals surface area contributed by atoms with Gasteiger partial charge < -0.3 is 29.2 Å². The number of rotatable bonds is 4. The Morgan fingerprint density at radius 1 is 1.05 bits per heavy atom. The Hall–Kier alpha value is -1.71. The van der Waals surface area contributed by atoms with Gasteiger partial charge in [-0.2, -0.15) is 0 Å². The third kappa shape index (κ3) is 4.96. The van der Waals surface area contributed by atoms with Crippen molar-refractivity contribution < 1.29 is 47.7 Å². The summed E-state index contributed by atoms with van der Waals surface area (Å²) in [5.41, 5.74) is 0. The Balaban J connectivity index is 2.97. The fourth-order valence-corrected chi connectivity index (χ4v) is 1.80. The molecule has 0 saturated carbocycles. The van der Waals surface area contributed by atoms with Crippen LogP contribution in [0.1, 0.15) is 24.8 Å². The fraction of sp³-hybridized carbons (Fsp3) is 0.750. The van der Waals surface area contributed by atoms with Crippen molar-refractivity contribution in [3.8, 4) is 0 Å². The molecule has 0 radical (unpaired) electrons. The maximum Gasteiger partial charge on any atom is 0.303 e. The van der Waals surface area contributed by atoms with Gasteiger partial charge in [-0.3, -0.25) is 14.4 Å². The standard InChI is InChI=1S/C12H18O9/c1-5(13)18-4-8-10(19-6(2)14)11(20-7(3)15)9(16)12(17)21-8/h8-12,16-17H,4H2,1-3H3/t8-,9-,10-,11-,12?/m1/s1/i1D,2D,3D. The van der Waals surface area contributed by atoms with Crippen molar-refractivity contribution >= 4 is 17.9 Å². The molecule has 2 N–H and O–H groups in total. The van der Waals surface area contributed by atoms with Crippen molar-refractivity contribution in [1.82, 2.24) is 0 Å². The fourth-order valence-electron chi connectivity index (χ4n) is 1.80. The van der Waals surface area contributed by atoms with Crippen LogP contribution in [0.5, 0.6) is 0 Å². The van der Waals surface area contributed by atoms with Gasteiger partial charge in [0.15, 0.2) is 18.5 Å². The van der Waals surface area contributed by atoms with Gasteiger partial charge in [-0.05, 0) is 0 Å². The second-order valence-electron chi connectivity index (χ2n) is 4.15. The zero-order chi connectivity index (χ0) is 18.3. The highest BCUT2D eigenvalue weighted by molar-refractivity contribution is 5.67. The van der Waals surface area contributed by atoms with Gasteiger partial charge in [-0.1, -0.05) is 0 Å². The van der Waals surface area contributed by atoms with Gasteiger partial charge in [-0.25, -0.2) is 0 Å². The molecule has 1 heterocycles. The molecule has 120 valence electrons. The Labute approximate surface area is 124 Å². The normalized spacial score (nSPS) is 34.0. The van der Waals surface area contributed by atoms with Crippen molar-refractivity contribution in [3.63, 3.8) is 0 Å². The molecular weight excluding hydrogens is 288 g/mol. The SMILES string of the molecule is [2H]CC(=O)OC[C@H]1OC(O)[C@H](O)[C@@H](OC(=O)C[2H])[C@@H]1OC(=O)C[2H]. The molecule has 0 aliphatic carbocycles. The van der Waals surface area contributed by atoms with Crippen molar-refractivity contribution in [1.29, 1.82) is 0 Å². The van der Waals surface area contributed by atoms with E-state index in [1.165, 1.54) is 0 Å². The maximum atomic E-state index is 11.4. The van der Waals surface area contributed by atoms with Gasteiger partial charge in [0.25, 0.3) is 0 Å². The summed E-state index contributed by atoms with van der Waals surface area (Å²) < 4.78 is 40.1. The number of hydrogen-bond acceptors (Lipinski definition) is 9. The average Bonchev–Trinajstić information content (AvgIpc) is 2.58. The third-order valence-electron chi connectivity index (χ3n) is 2.58. The minimum absolute atomic E-state index is 0.549. The number of carbonyl (C=O) groups excluding carboxylic acids is 3. The van der Waals surface area contributed by atoms with Crippen LogP contribution in [-0.4, -0.2) is 65.4 Å². The third-order valence-corrected chi connectivity index (χ3v) is 2.58. The molecule has 1 aliphatic rings. The van der Waals surface area contributed by atoms with Crippen LogP contribution in [-0.2, 0) is 33.3 Å². The van der Waals surface area contributed by atoms with Crippen LogP contribution in [0, 0.1) is 0 Å². The summed E-state index contributed by atoms with van der Waals surface area (Å²) in [5.74, 6) is -3.00. The lowest BCUT2D eigenvalue weighted by molar-refractivity contribution is -0.293. The van der Waals surface area contributed by atoms with Crippen molar-refractivity contribution in [2.24, 2.45) is 0 Å². The summed E-state index contributed by atoms with van der Waals surface area (Å²) >= 11 is 0. The number of ether oxygens (including phenoxy) is 4. The van der Waals surface area contributed by atoms with E-state index in [1.807, 2.05) is 0 Å². The molecular formula is C12H18O9. The lowest BCUT2D eigenvalue weighted by atomic mass is 9.98. The van der Waals surface area contributed by atoms with Crippen molar-refractivity contribution in [2.75, 3.05) is 6.61 Å². The molecule has 1 unspecified atom stereocenters. The Bertz CT molecular complexity index is 461. The monoisotopic (exact) mass is 309 g/mol. The van der Waals surface area contributed by atoms with Crippen molar-refractivity contribution in [2.45, 2.75) is 51.4 Å². The highest BCUT2D eigenvalue weighted by atomic mass is 16.7. The first-order valence-electron chi connectivity index (χ1n) is 7.90. The predicted molar refractivity (Wildman–Crippen MR) is 64.6 cm³/mol. The smallest absolute Gasteiger partial charge is 0.303 e. The van der Waals surface area contributed by atoms with E-state index >= 15 is 0 Å². The molecule has 0 aromatic rings. The van der Waals surface area contributed by atoms with E-state index in [9.17, 15) is 24.6 Å². The van der Waals surface area contributed by atoms with Gasteiger partial charge in [0.05, 0.1) is 0 Å². The minimum Gasteiger partial charge on any atom is -0.463 e. The van der Waals surface area contributed by atoms with E-state index in [-0.39, 0.29) is 0 Å². The first-order chi connectivity index (χ1) is 11.3. The van der Waals surface area contributed by atoms with Crippen LogP contribution in [0.4, 0.5) is 0 Å². The predicted octanol–water partition coefficient (Wildman–Crippen LogP) is -1.51. The van der Waals surface area contributed by atoms with E-state index in [1.54, 1.807) is 0 Å². The molecule has 0 aromatic carbocycles. The van der Waals surface area contributed by atoms with Gasteiger partial charge in [-0.15, -0.1) is 0 Å². The Kier molecular flexibility index (Phi) is 4.54. The molecule has 1 fully saturated rings. The molecule has 0 aromatic heterocycles. The quantitative estimate of drug-likeness (QED) is 0.470. The number of esters is 3. The molecule has 1 saturated heterocycles. The lowest BCUT2D eigenvalue weighted by Gasteiger charge is -2.41. The van der Waals surface area contributed by atoms with Crippen LogP contribution in [0.25, 0.3) is 0 Å². The maximum absolute atomic E-state index is 11.4. The second-order valence-corrected chi connectivity index (χ2v) is 4.15. The summed E-state index contributed by atoms with van der Waals surface area (Å²) in [5, 5.41) is 19.6. The van der Waals surface area contributed by atoms with Gasteiger partial charge in [0, 0.05) is 24.8 Å². The summed E-state index contributed by atoms with van der Waals surface area (Å²) in [4.78, 5) is 33.8. The topological polar surface area (TPSA) is 129 Å². The van der Waals surface area contributed by atoms with Gasteiger partial charge >= 0.3 is 17.9 Å². The zero-order valence-corrected chi connectivity index (χ0v) is 11.0. The molecule has 0 spiro atoms. The average molecular weight is 309 g/mol. The van der Waals surface area contributed by atoms with Crippen LogP contribution >= 0.6 is 0 Å². The minimum atomic E-state index is -1.83. The van der Waals surface area contributed by atoms with Crippen LogP contribution in [0.2, 0.25) is 0 Å². The summed E-state index contributed by atoms with van der Waals surface area (Å²) in [6, 6.07) is 0. The summed E-state index contributed by atoms with van der Waals surface area (Å²) in [6.07, 6.45) is -7.98. The number of hydrogen-bond donors (Lipinski definition) is 2. The molecule has 0 amide bonds. The van der Waals surface area contributed by atoms with E-state index in [0.717, 1.165) is 0 Å². The van der Waals surface area contributed by atoms with Gasteiger partial charge in [0.1, 0.15) is 18.8 Å². The van der Waals surface area contributed by atoms with Crippen LogP contribution < -0.4 is 0 Å². The van der Waals surface area contributed by atoms with Crippen molar-refractivity contribution in [3.05, 3.63) is 0 Å². The van der Waals surface area contributed by atoms with E-state index < -0.39 is 75.9 Å². The lowest BCUT2D eigenvalue weighted by Crippen LogP contribution is -2.61. The molecule has 0 bridgehead atoms. The van der Waals surface area contributed by atoms with Gasteiger partial charge in [0.2, 0.25) is 0 Å². The Morgan fingerprint density at radius 2 is 1.62 bits per heavy atom. The second kappa shape index (κ2) is 7.34. The Morgan fingerprint density at radius 3 is 2.19 bits per heavy atom. The number of carbonyl (C=O) groups is 3. The molecule has 5 atom stereocenters. The molecule has 21 heavy (non-hydrogen) atoms. The molecule has 1 rings (SSSR count). The first kappa shape index (κ1) is 13.0. The summed E-state index contributed by atoms with van der Waals surface area (Å²) in [7, 11) is 0. The first-order valence-corrected chi connectivity index (χ1v) is 5.77. The van der Waals surface area contributed by atoms with E-state index in [2.05, 4.69) is 4.74 Å². The zero-order valence-electron chi connectivity index (χ0n) is 14.0. The molecule has 9 nitrogen and oxygen atoms in total. The van der Waals surface area contributed by atoms with Crippen LogP contribution in [0.3, 0.4) is 0 Å². The van der Waals surface area contributed by atoms with E-state index in [4.69, 9.17) is 18.3 Å². The molecule has 9 heteroatoms. The van der Waals surface area contributed by atoms with Crippen LogP contribution in [0.15, 0.2) is 0 Å². The summed E-state index contributed by atoms with van der Waals surface area (Å²) in [6.45, 7) is -2.77. The largest absolute Gasteiger partial charge is 0.463 e. The number of aliphatic hydroxyl groups is 2. The highest BCUT2D eigenvalue weighted by Crippen LogP contribution is 2.25.